The van der Waals surface area contributed by atoms with E-state index in [4.69, 9.17) is 19.6 Å². The summed E-state index contributed by atoms with van der Waals surface area (Å²) in [5, 5.41) is 5.60. The Kier molecular flexibility index (Phi) is 9.53. The summed E-state index contributed by atoms with van der Waals surface area (Å²) >= 11 is 0. The van der Waals surface area contributed by atoms with Crippen LogP contribution in [0.3, 0.4) is 0 Å². The molecule has 1 aliphatic rings. The molecule has 3 heterocycles. The molecule has 6 rings (SSSR count). The number of phosphoric ester groups is 1. The van der Waals surface area contributed by atoms with E-state index in [9.17, 15) is 22.5 Å². The standard InChI is InChI=1S/C36H37F4N4O6P/c1-6-22-9-8-10-23(7-2)30(22)44-31(26-13-14-29(37)32-27(26)15-16-43(32)34(45)49-20-50-51(46,47)48)28-19-42(35(4,5)33(28)41-44)18-24-11-12-25(17-21(24)3)36(38,39)40/h8-17H,6-7,18-20H2,1-5H3,(H2,46,47,48). The number of phosphoric acid groups is 1. The number of hydrogen-bond acceptors (Lipinski definition) is 6. The molecule has 0 saturated carbocycles. The number of halogens is 4. The largest absolute Gasteiger partial charge is 0.472 e. The summed E-state index contributed by atoms with van der Waals surface area (Å²) in [5.41, 5.74) is 5.54. The van der Waals surface area contributed by atoms with Gasteiger partial charge >= 0.3 is 20.1 Å². The minimum absolute atomic E-state index is 0.121. The van der Waals surface area contributed by atoms with E-state index in [1.54, 1.807) is 19.1 Å². The van der Waals surface area contributed by atoms with E-state index < -0.39 is 43.8 Å². The van der Waals surface area contributed by atoms with Crippen molar-refractivity contribution in [3.63, 3.8) is 0 Å². The third-order valence-corrected chi connectivity index (χ3v) is 10.0. The van der Waals surface area contributed by atoms with Gasteiger partial charge in [-0.15, -0.1) is 0 Å². The maximum atomic E-state index is 15.6. The lowest BCUT2D eigenvalue weighted by Crippen LogP contribution is -2.36. The Hall–Kier alpha value is -4.33. The van der Waals surface area contributed by atoms with E-state index in [1.165, 1.54) is 18.3 Å². The minimum atomic E-state index is -4.92. The number of carbonyl (C=O) groups is 1. The molecule has 5 aromatic rings. The van der Waals surface area contributed by atoms with Crippen molar-refractivity contribution < 1.29 is 46.0 Å². The van der Waals surface area contributed by atoms with Crippen LogP contribution in [0.15, 0.2) is 60.8 Å². The van der Waals surface area contributed by atoms with Gasteiger partial charge in [-0.3, -0.25) is 4.90 Å². The topological polar surface area (TPSA) is 119 Å². The molecule has 0 amide bonds. The number of benzene rings is 3. The highest BCUT2D eigenvalue weighted by molar-refractivity contribution is 7.46. The molecule has 2 N–H and O–H groups in total. The molecule has 0 radical (unpaired) electrons. The second-order valence-corrected chi connectivity index (χ2v) is 14.2. The molecule has 0 atom stereocenters. The van der Waals surface area contributed by atoms with Crippen LogP contribution in [0.4, 0.5) is 22.4 Å². The summed E-state index contributed by atoms with van der Waals surface area (Å²) in [4.78, 5) is 33.0. The Bertz CT molecular complexity index is 2180. The number of ether oxygens (including phenoxy) is 1. The monoisotopic (exact) mass is 728 g/mol. The maximum Gasteiger partial charge on any atom is 0.472 e. The average Bonchev–Trinajstić information content (AvgIpc) is 3.73. The third kappa shape index (κ3) is 6.74. The predicted molar refractivity (Wildman–Crippen MR) is 182 cm³/mol. The fraction of sp³-hybridized carbons (Fsp3) is 0.333. The molecule has 0 aliphatic carbocycles. The molecule has 0 spiro atoms. The van der Waals surface area contributed by atoms with E-state index in [-0.39, 0.29) is 5.52 Å². The molecule has 51 heavy (non-hydrogen) atoms. The van der Waals surface area contributed by atoms with E-state index in [0.717, 1.165) is 50.3 Å². The Balaban J connectivity index is 1.51. The van der Waals surface area contributed by atoms with Gasteiger partial charge in [0.2, 0.25) is 6.79 Å². The van der Waals surface area contributed by atoms with E-state index in [2.05, 4.69) is 9.42 Å². The summed E-state index contributed by atoms with van der Waals surface area (Å²) in [7, 11) is -4.92. The first kappa shape index (κ1) is 36.5. The van der Waals surface area contributed by atoms with Gasteiger partial charge in [-0.05, 0) is 86.2 Å². The van der Waals surface area contributed by atoms with Crippen LogP contribution in [0.25, 0.3) is 27.8 Å². The summed E-state index contributed by atoms with van der Waals surface area (Å²) in [6.07, 6.45) is -2.86. The highest BCUT2D eigenvalue weighted by Crippen LogP contribution is 2.47. The Labute approximate surface area is 291 Å². The lowest BCUT2D eigenvalue weighted by molar-refractivity contribution is -0.137. The zero-order valence-electron chi connectivity index (χ0n) is 28.6. The number of aromatic nitrogens is 3. The lowest BCUT2D eigenvalue weighted by atomic mass is 9.96. The number of hydrogen-bond donors (Lipinski definition) is 2. The Morgan fingerprint density at radius 1 is 1.02 bits per heavy atom. The number of fused-ring (bicyclic) bond motifs is 2. The molecule has 1 aliphatic heterocycles. The molecule has 270 valence electrons. The van der Waals surface area contributed by atoms with E-state index in [0.29, 0.717) is 48.1 Å². The quantitative estimate of drug-likeness (QED) is 0.0883. The fourth-order valence-corrected chi connectivity index (χ4v) is 7.05. The summed E-state index contributed by atoms with van der Waals surface area (Å²) in [5.74, 6) is -0.739. The maximum absolute atomic E-state index is 15.6. The van der Waals surface area contributed by atoms with Crippen molar-refractivity contribution in [2.45, 2.75) is 72.3 Å². The predicted octanol–water partition coefficient (Wildman–Crippen LogP) is 8.39. The van der Waals surface area contributed by atoms with Crippen LogP contribution < -0.4 is 0 Å². The first-order chi connectivity index (χ1) is 24.0. The molecular formula is C36H37F4N4O6P. The molecule has 0 saturated heterocycles. The van der Waals surface area contributed by atoms with Gasteiger partial charge in [-0.2, -0.15) is 18.3 Å². The van der Waals surface area contributed by atoms with Crippen molar-refractivity contribution in [1.29, 1.82) is 0 Å². The molecule has 3 aromatic carbocycles. The fourth-order valence-electron chi connectivity index (χ4n) is 6.86. The third-order valence-electron chi connectivity index (χ3n) is 9.56. The minimum Gasteiger partial charge on any atom is -0.421 e. The normalized spacial score (nSPS) is 14.7. The van der Waals surface area contributed by atoms with Gasteiger partial charge in [-0.1, -0.05) is 38.1 Å². The second-order valence-electron chi connectivity index (χ2n) is 13.0. The van der Waals surface area contributed by atoms with Gasteiger partial charge in [0.15, 0.2) is 0 Å². The van der Waals surface area contributed by atoms with Crippen LogP contribution >= 0.6 is 7.82 Å². The molecular weight excluding hydrogens is 691 g/mol. The zero-order valence-corrected chi connectivity index (χ0v) is 29.5. The SMILES string of the molecule is CCc1cccc(CC)c1-n1nc2c(c1-c1ccc(F)c3c1ccn3C(=O)OCOP(=O)(O)O)CN(Cc1ccc(C(F)(F)F)cc1C)C2(C)C. The van der Waals surface area contributed by atoms with Crippen LogP contribution in [0, 0.1) is 12.7 Å². The first-order valence-electron chi connectivity index (χ1n) is 16.3. The summed E-state index contributed by atoms with van der Waals surface area (Å²) in [6, 6.07) is 14.2. The number of para-hydroxylation sites is 1. The van der Waals surface area contributed by atoms with Crippen LogP contribution in [0.5, 0.6) is 0 Å². The Morgan fingerprint density at radius 3 is 2.31 bits per heavy atom. The van der Waals surface area contributed by atoms with Crippen molar-refractivity contribution in [3.05, 3.63) is 106 Å². The van der Waals surface area contributed by atoms with Crippen molar-refractivity contribution in [3.8, 4) is 16.9 Å². The molecule has 10 nitrogen and oxygen atoms in total. The van der Waals surface area contributed by atoms with E-state index in [1.807, 2.05) is 50.6 Å². The highest BCUT2D eigenvalue weighted by atomic mass is 31.2. The van der Waals surface area contributed by atoms with Gasteiger partial charge in [0.1, 0.15) is 5.82 Å². The van der Waals surface area contributed by atoms with Gasteiger partial charge < -0.3 is 14.5 Å². The van der Waals surface area contributed by atoms with Crippen molar-refractivity contribution in [2.75, 3.05) is 6.79 Å². The van der Waals surface area contributed by atoms with Crippen LogP contribution in [0.1, 0.15) is 66.8 Å². The van der Waals surface area contributed by atoms with Crippen LogP contribution in [-0.4, -0.2) is 41.9 Å². The Morgan fingerprint density at radius 2 is 1.71 bits per heavy atom. The highest BCUT2D eigenvalue weighted by Gasteiger charge is 2.44. The molecule has 0 bridgehead atoms. The van der Waals surface area contributed by atoms with Gasteiger partial charge in [0, 0.05) is 35.8 Å². The smallest absolute Gasteiger partial charge is 0.421 e. The first-order valence-corrected chi connectivity index (χ1v) is 17.8. The summed E-state index contributed by atoms with van der Waals surface area (Å²) in [6.45, 7) is 9.44. The number of alkyl halides is 3. The van der Waals surface area contributed by atoms with Gasteiger partial charge in [-0.25, -0.2) is 27.5 Å². The number of rotatable bonds is 9. The van der Waals surface area contributed by atoms with Crippen LogP contribution in [-0.2, 0) is 51.5 Å². The number of nitrogens with zero attached hydrogens (tertiary/aromatic N) is 4. The van der Waals surface area contributed by atoms with Crippen molar-refractivity contribution in [1.82, 2.24) is 19.2 Å². The van der Waals surface area contributed by atoms with Crippen LogP contribution in [0.2, 0.25) is 0 Å². The molecule has 0 unspecified atom stereocenters. The van der Waals surface area contributed by atoms with E-state index >= 15 is 4.39 Å². The van der Waals surface area contributed by atoms with Crippen molar-refractivity contribution in [2.24, 2.45) is 0 Å². The van der Waals surface area contributed by atoms with Gasteiger partial charge in [0.05, 0.1) is 33.7 Å². The van der Waals surface area contributed by atoms with Crippen molar-refractivity contribution >= 4 is 24.8 Å². The lowest BCUT2D eigenvalue weighted by Gasteiger charge is -2.32. The molecule has 15 heteroatoms. The number of carbonyl (C=O) groups excluding carboxylic acids is 1. The summed E-state index contributed by atoms with van der Waals surface area (Å²) < 4.78 is 78.9. The zero-order chi connectivity index (χ0) is 37.0. The average molecular weight is 729 g/mol. The molecule has 2 aromatic heterocycles. The number of aryl methyl sites for hydroxylation is 3. The van der Waals surface area contributed by atoms with Gasteiger partial charge in [0.25, 0.3) is 0 Å². The molecule has 0 fully saturated rings. The second kappa shape index (κ2) is 13.3.